The van der Waals surface area contributed by atoms with Gasteiger partial charge in [-0.2, -0.15) is 0 Å². The number of aliphatic hydroxyl groups is 1. The number of aliphatic hydroxyl groups excluding tert-OH is 1. The van der Waals surface area contributed by atoms with Crippen molar-refractivity contribution in [1.82, 2.24) is 0 Å². The van der Waals surface area contributed by atoms with Gasteiger partial charge in [-0.05, 0) is 11.6 Å². The molecule has 92 valence electrons. The quantitative estimate of drug-likeness (QED) is 0.810. The molecule has 2 rings (SSSR count). The van der Waals surface area contributed by atoms with Crippen LogP contribution in [0.2, 0.25) is 0 Å². The maximum Gasteiger partial charge on any atom is 0.149 e. The Balaban J connectivity index is 1.77. The Morgan fingerprint density at radius 3 is 2.82 bits per heavy atom. The van der Waals surface area contributed by atoms with Crippen LogP contribution < -0.4 is 5.73 Å². The van der Waals surface area contributed by atoms with E-state index in [1.165, 1.54) is 6.26 Å². The van der Waals surface area contributed by atoms with Gasteiger partial charge in [0.1, 0.15) is 12.2 Å². The van der Waals surface area contributed by atoms with E-state index in [1.54, 1.807) is 6.08 Å². The van der Waals surface area contributed by atoms with Crippen molar-refractivity contribution in [1.29, 1.82) is 0 Å². The molecule has 0 saturated heterocycles. The fourth-order valence-corrected chi connectivity index (χ4v) is 1.68. The Hall–Kier alpha value is -1.36. The van der Waals surface area contributed by atoms with Crippen LogP contribution in [0.1, 0.15) is 5.56 Å². The third-order valence-corrected chi connectivity index (χ3v) is 2.72. The van der Waals surface area contributed by atoms with Gasteiger partial charge >= 0.3 is 0 Å². The Morgan fingerprint density at radius 1 is 1.29 bits per heavy atom. The van der Waals surface area contributed by atoms with Crippen LogP contribution in [-0.4, -0.2) is 30.0 Å². The molecule has 0 saturated carbocycles. The van der Waals surface area contributed by atoms with Crippen molar-refractivity contribution < 1.29 is 14.6 Å². The normalized spacial score (nSPS) is 27.8. The Bertz CT molecular complexity index is 366. The zero-order valence-electron chi connectivity index (χ0n) is 9.53. The van der Waals surface area contributed by atoms with Crippen molar-refractivity contribution in [3.8, 4) is 0 Å². The zero-order valence-corrected chi connectivity index (χ0v) is 9.53. The molecule has 0 amide bonds. The van der Waals surface area contributed by atoms with Crippen LogP contribution in [-0.2, 0) is 16.1 Å². The van der Waals surface area contributed by atoms with E-state index in [0.717, 1.165) is 5.56 Å². The van der Waals surface area contributed by atoms with Gasteiger partial charge in [0.15, 0.2) is 0 Å². The monoisotopic (exact) mass is 235 g/mol. The van der Waals surface area contributed by atoms with Gasteiger partial charge in [0.2, 0.25) is 0 Å². The van der Waals surface area contributed by atoms with Crippen LogP contribution in [0.4, 0.5) is 0 Å². The molecule has 0 bridgehead atoms. The summed E-state index contributed by atoms with van der Waals surface area (Å²) >= 11 is 0. The summed E-state index contributed by atoms with van der Waals surface area (Å²) in [6.45, 7) is 0.834. The molecule has 3 N–H and O–H groups in total. The summed E-state index contributed by atoms with van der Waals surface area (Å²) < 4.78 is 10.8. The van der Waals surface area contributed by atoms with Crippen molar-refractivity contribution in [2.24, 2.45) is 5.73 Å². The molecule has 4 nitrogen and oxygen atoms in total. The predicted molar refractivity (Wildman–Crippen MR) is 64.1 cm³/mol. The number of hydrogen-bond donors (Lipinski definition) is 2. The average molecular weight is 235 g/mol. The van der Waals surface area contributed by atoms with E-state index in [0.29, 0.717) is 13.2 Å². The second-order valence-electron chi connectivity index (χ2n) is 4.07. The molecule has 1 aliphatic heterocycles. The maximum atomic E-state index is 9.75. The van der Waals surface area contributed by atoms with Gasteiger partial charge in [0.05, 0.1) is 25.5 Å². The van der Waals surface area contributed by atoms with Gasteiger partial charge < -0.3 is 20.3 Å². The zero-order chi connectivity index (χ0) is 12.1. The van der Waals surface area contributed by atoms with Crippen molar-refractivity contribution in [2.45, 2.75) is 24.9 Å². The molecule has 4 heteroatoms. The van der Waals surface area contributed by atoms with E-state index in [2.05, 4.69) is 0 Å². The number of rotatable bonds is 4. The summed E-state index contributed by atoms with van der Waals surface area (Å²) in [4.78, 5) is 0. The lowest BCUT2D eigenvalue weighted by Gasteiger charge is -2.28. The number of nitrogens with two attached hydrogens (primary N) is 1. The van der Waals surface area contributed by atoms with Crippen LogP contribution >= 0.6 is 0 Å². The number of hydrogen-bond acceptors (Lipinski definition) is 4. The van der Waals surface area contributed by atoms with Crippen molar-refractivity contribution in [2.75, 3.05) is 6.61 Å². The molecule has 0 aromatic heterocycles. The van der Waals surface area contributed by atoms with Gasteiger partial charge in [-0.1, -0.05) is 30.3 Å². The van der Waals surface area contributed by atoms with Crippen LogP contribution in [0, 0.1) is 0 Å². The molecular weight excluding hydrogens is 218 g/mol. The lowest BCUT2D eigenvalue weighted by molar-refractivity contribution is -0.0616. The van der Waals surface area contributed by atoms with E-state index in [9.17, 15) is 5.11 Å². The van der Waals surface area contributed by atoms with E-state index in [-0.39, 0.29) is 6.04 Å². The number of benzene rings is 1. The highest BCUT2D eigenvalue weighted by molar-refractivity contribution is 5.13. The van der Waals surface area contributed by atoms with Crippen LogP contribution in [0.25, 0.3) is 0 Å². The predicted octanol–water partition coefficient (Wildman–Crippen LogP) is 0.804. The summed E-state index contributed by atoms with van der Waals surface area (Å²) in [6.07, 6.45) is 2.06. The topological polar surface area (TPSA) is 64.7 Å². The highest BCUT2D eigenvalue weighted by Gasteiger charge is 2.27. The summed E-state index contributed by atoms with van der Waals surface area (Å²) in [5.41, 5.74) is 6.77. The largest absolute Gasteiger partial charge is 0.493 e. The van der Waals surface area contributed by atoms with Gasteiger partial charge in [-0.25, -0.2) is 0 Å². The van der Waals surface area contributed by atoms with Gasteiger partial charge in [0, 0.05) is 0 Å². The minimum atomic E-state index is -0.712. The Morgan fingerprint density at radius 2 is 2.06 bits per heavy atom. The Kier molecular flexibility index (Phi) is 4.14. The van der Waals surface area contributed by atoms with Crippen LogP contribution in [0.15, 0.2) is 42.7 Å². The highest BCUT2D eigenvalue weighted by atomic mass is 16.5. The standard InChI is InChI=1S/C13H17NO3/c14-11-6-7-17-12(13(11)15)9-16-8-10-4-2-1-3-5-10/h1-7,11-13,15H,8-9,14H2/t11-,12-,13+/m1/s1. The second-order valence-corrected chi connectivity index (χ2v) is 4.07. The van der Waals surface area contributed by atoms with E-state index >= 15 is 0 Å². The summed E-state index contributed by atoms with van der Waals surface area (Å²) in [5.74, 6) is 0. The van der Waals surface area contributed by atoms with E-state index in [1.807, 2.05) is 30.3 Å². The molecular formula is C13H17NO3. The van der Waals surface area contributed by atoms with Crippen molar-refractivity contribution in [3.63, 3.8) is 0 Å². The lowest BCUT2D eigenvalue weighted by atomic mass is 10.1. The smallest absolute Gasteiger partial charge is 0.149 e. The van der Waals surface area contributed by atoms with E-state index in [4.69, 9.17) is 15.2 Å². The van der Waals surface area contributed by atoms with Gasteiger partial charge in [-0.3, -0.25) is 0 Å². The lowest BCUT2D eigenvalue weighted by Crippen LogP contribution is -2.46. The minimum Gasteiger partial charge on any atom is -0.493 e. The highest BCUT2D eigenvalue weighted by Crippen LogP contribution is 2.12. The Labute approximate surface area is 101 Å². The first kappa shape index (κ1) is 12.1. The van der Waals surface area contributed by atoms with Crippen LogP contribution in [0.3, 0.4) is 0 Å². The summed E-state index contributed by atoms with van der Waals surface area (Å²) in [5, 5.41) is 9.75. The second kappa shape index (κ2) is 5.82. The molecule has 0 radical (unpaired) electrons. The van der Waals surface area contributed by atoms with Crippen LogP contribution in [0.5, 0.6) is 0 Å². The molecule has 1 aliphatic rings. The molecule has 1 aromatic rings. The summed E-state index contributed by atoms with van der Waals surface area (Å²) in [6, 6.07) is 9.48. The first-order chi connectivity index (χ1) is 8.27. The third-order valence-electron chi connectivity index (χ3n) is 2.72. The molecule has 0 aliphatic carbocycles. The van der Waals surface area contributed by atoms with Crippen molar-refractivity contribution in [3.05, 3.63) is 48.2 Å². The van der Waals surface area contributed by atoms with Gasteiger partial charge in [-0.15, -0.1) is 0 Å². The first-order valence-electron chi connectivity index (χ1n) is 5.65. The van der Waals surface area contributed by atoms with Gasteiger partial charge in [0.25, 0.3) is 0 Å². The van der Waals surface area contributed by atoms with Crippen molar-refractivity contribution >= 4 is 0 Å². The molecule has 0 spiro atoms. The van der Waals surface area contributed by atoms with E-state index < -0.39 is 12.2 Å². The molecule has 0 fully saturated rings. The minimum absolute atomic E-state index is 0.327. The maximum absolute atomic E-state index is 9.75. The molecule has 1 aromatic carbocycles. The first-order valence-corrected chi connectivity index (χ1v) is 5.65. The average Bonchev–Trinajstić information content (AvgIpc) is 2.36. The summed E-state index contributed by atoms with van der Waals surface area (Å²) in [7, 11) is 0. The molecule has 3 atom stereocenters. The SMILES string of the molecule is N[C@@H]1C=CO[C@H](COCc2ccccc2)[C@H]1O. The number of ether oxygens (including phenoxy) is 2. The molecule has 1 heterocycles. The molecule has 0 unspecified atom stereocenters. The third kappa shape index (κ3) is 3.30. The molecule has 17 heavy (non-hydrogen) atoms. The fraction of sp³-hybridized carbons (Fsp3) is 0.385. The fourth-order valence-electron chi connectivity index (χ4n) is 1.68.